The molecule has 0 spiro atoms. The maximum atomic E-state index is 12.8. The molecule has 0 saturated carbocycles. The molecular formula is C31H37NO5Si. The van der Waals surface area contributed by atoms with Gasteiger partial charge in [0.2, 0.25) is 5.71 Å². The Hall–Kier alpha value is -3.55. The first-order valence-corrected chi connectivity index (χ1v) is 14.8. The van der Waals surface area contributed by atoms with Gasteiger partial charge in [-0.25, -0.2) is 4.79 Å². The number of carbonyl (C=O) groups is 2. The van der Waals surface area contributed by atoms with E-state index >= 15 is 0 Å². The summed E-state index contributed by atoms with van der Waals surface area (Å²) in [5.41, 5.74) is 0.560. The number of Topliss-reactive ketones (excluding diaryl/α,β-unsaturated/α-hetero) is 1. The lowest BCUT2D eigenvalue weighted by atomic mass is 10.1. The normalized spacial score (nSPS) is 12.2. The molecule has 0 amide bonds. The fourth-order valence-corrected chi connectivity index (χ4v) is 9.14. The van der Waals surface area contributed by atoms with Crippen LogP contribution < -0.4 is 10.4 Å². The highest BCUT2D eigenvalue weighted by Crippen LogP contribution is 2.36. The van der Waals surface area contributed by atoms with Crippen LogP contribution in [0.4, 0.5) is 0 Å². The number of ketones is 1. The standard InChI is InChI=1S/C31H37NO5Si/c1-31(2,3)38(26-18-10-6-11-19-26,27-20-12-7-13-21-27)37-23-15-14-22-28(33)29(30(34)35-4)32-36-24-25-16-8-5-9-17-25/h5-13,16-21H,14-15,22-24H2,1-4H3/b32-29+. The third kappa shape index (κ3) is 7.27. The number of hydrogen-bond donors (Lipinski definition) is 0. The van der Waals surface area contributed by atoms with Gasteiger partial charge in [-0.2, -0.15) is 0 Å². The van der Waals surface area contributed by atoms with Crippen LogP contribution in [0, 0.1) is 0 Å². The van der Waals surface area contributed by atoms with Crippen LogP contribution in [0.25, 0.3) is 0 Å². The molecule has 200 valence electrons. The van der Waals surface area contributed by atoms with Gasteiger partial charge in [0, 0.05) is 13.0 Å². The topological polar surface area (TPSA) is 74.2 Å². The summed E-state index contributed by atoms with van der Waals surface area (Å²) >= 11 is 0. The zero-order chi connectivity index (χ0) is 27.4. The van der Waals surface area contributed by atoms with E-state index in [1.165, 1.54) is 17.5 Å². The van der Waals surface area contributed by atoms with Gasteiger partial charge >= 0.3 is 5.97 Å². The molecule has 0 unspecified atom stereocenters. The van der Waals surface area contributed by atoms with Gasteiger partial charge in [0.05, 0.1) is 7.11 Å². The van der Waals surface area contributed by atoms with E-state index in [2.05, 4.69) is 74.5 Å². The molecule has 0 aliphatic rings. The fraction of sp³-hybridized carbons (Fsp3) is 0.323. The predicted octanol–water partition coefficient (Wildman–Crippen LogP) is 5.05. The Balaban J connectivity index is 1.66. The van der Waals surface area contributed by atoms with Crippen LogP contribution in [0.3, 0.4) is 0 Å². The smallest absolute Gasteiger partial charge is 0.363 e. The zero-order valence-electron chi connectivity index (χ0n) is 22.7. The molecule has 0 aliphatic carbocycles. The highest BCUT2D eigenvalue weighted by atomic mass is 28.4. The van der Waals surface area contributed by atoms with Gasteiger partial charge < -0.3 is 14.0 Å². The predicted molar refractivity (Wildman–Crippen MR) is 153 cm³/mol. The number of methoxy groups -OCH3 is 1. The quantitative estimate of drug-likeness (QED) is 0.0771. The van der Waals surface area contributed by atoms with Crippen molar-refractivity contribution in [3.8, 4) is 0 Å². The first-order chi connectivity index (χ1) is 18.3. The van der Waals surface area contributed by atoms with Gasteiger partial charge in [0.1, 0.15) is 6.61 Å². The van der Waals surface area contributed by atoms with E-state index in [1.54, 1.807) is 0 Å². The summed E-state index contributed by atoms with van der Waals surface area (Å²) in [5.74, 6) is -1.21. The van der Waals surface area contributed by atoms with Crippen molar-refractivity contribution in [1.82, 2.24) is 0 Å². The van der Waals surface area contributed by atoms with Gasteiger partial charge in [-0.15, -0.1) is 0 Å². The fourth-order valence-electron chi connectivity index (χ4n) is 4.54. The molecule has 0 atom stereocenters. The van der Waals surface area contributed by atoms with Gasteiger partial charge in [-0.3, -0.25) is 4.79 Å². The second kappa shape index (κ2) is 13.8. The van der Waals surface area contributed by atoms with Crippen LogP contribution in [-0.4, -0.2) is 39.5 Å². The summed E-state index contributed by atoms with van der Waals surface area (Å²) in [6, 6.07) is 30.3. The first kappa shape index (κ1) is 29.0. The highest BCUT2D eigenvalue weighted by molar-refractivity contribution is 6.99. The minimum absolute atomic E-state index is 0.119. The number of esters is 1. The van der Waals surface area contributed by atoms with E-state index < -0.39 is 20.1 Å². The number of unbranched alkanes of at least 4 members (excludes halogenated alkanes) is 1. The van der Waals surface area contributed by atoms with Crippen LogP contribution in [-0.2, 0) is 30.2 Å². The van der Waals surface area contributed by atoms with Crippen LogP contribution >= 0.6 is 0 Å². The summed E-state index contributed by atoms with van der Waals surface area (Å²) < 4.78 is 11.6. The minimum atomic E-state index is -2.62. The lowest BCUT2D eigenvalue weighted by molar-refractivity contribution is -0.133. The number of benzene rings is 3. The lowest BCUT2D eigenvalue weighted by Crippen LogP contribution is -2.66. The van der Waals surface area contributed by atoms with E-state index in [0.29, 0.717) is 19.4 Å². The molecule has 0 N–H and O–H groups in total. The van der Waals surface area contributed by atoms with E-state index in [0.717, 1.165) is 5.56 Å². The maximum Gasteiger partial charge on any atom is 0.363 e. The Morgan fingerprint density at radius 2 is 1.32 bits per heavy atom. The monoisotopic (exact) mass is 531 g/mol. The van der Waals surface area contributed by atoms with Crippen LogP contribution in [0.15, 0.2) is 96.2 Å². The summed E-state index contributed by atoms with van der Waals surface area (Å²) in [6.45, 7) is 7.35. The number of nitrogens with zero attached hydrogens (tertiary/aromatic N) is 1. The van der Waals surface area contributed by atoms with E-state index in [-0.39, 0.29) is 23.8 Å². The Kier molecular flexibility index (Phi) is 10.6. The molecule has 3 rings (SSSR count). The maximum absolute atomic E-state index is 12.8. The molecule has 7 heteroatoms. The van der Waals surface area contributed by atoms with Crippen molar-refractivity contribution in [3.63, 3.8) is 0 Å². The first-order valence-electron chi connectivity index (χ1n) is 12.9. The minimum Gasteiger partial charge on any atom is -0.464 e. The van der Waals surface area contributed by atoms with Crippen molar-refractivity contribution in [2.45, 2.75) is 51.7 Å². The molecule has 0 aromatic heterocycles. The molecular weight excluding hydrogens is 494 g/mol. The van der Waals surface area contributed by atoms with Crippen molar-refractivity contribution in [2.24, 2.45) is 5.16 Å². The molecule has 3 aromatic carbocycles. The van der Waals surface area contributed by atoms with Crippen molar-refractivity contribution >= 4 is 36.2 Å². The lowest BCUT2D eigenvalue weighted by Gasteiger charge is -2.43. The molecule has 3 aromatic rings. The summed E-state index contributed by atoms with van der Waals surface area (Å²) in [4.78, 5) is 30.3. The molecule has 0 bridgehead atoms. The molecule has 0 radical (unpaired) electrons. The summed E-state index contributed by atoms with van der Waals surface area (Å²) in [7, 11) is -1.40. The molecule has 0 saturated heterocycles. The van der Waals surface area contributed by atoms with E-state index in [4.69, 9.17) is 14.0 Å². The largest absolute Gasteiger partial charge is 0.464 e. The Bertz CT molecular complexity index is 1150. The van der Waals surface area contributed by atoms with Crippen molar-refractivity contribution in [2.75, 3.05) is 13.7 Å². The highest BCUT2D eigenvalue weighted by Gasteiger charge is 2.49. The van der Waals surface area contributed by atoms with Crippen molar-refractivity contribution < 1.29 is 23.6 Å². The average molecular weight is 532 g/mol. The third-order valence-corrected chi connectivity index (χ3v) is 11.4. The van der Waals surface area contributed by atoms with Gasteiger partial charge in [0.25, 0.3) is 8.32 Å². The molecule has 0 heterocycles. The Labute approximate surface area is 226 Å². The van der Waals surface area contributed by atoms with Gasteiger partial charge in [0.15, 0.2) is 5.78 Å². The van der Waals surface area contributed by atoms with Gasteiger partial charge in [-0.05, 0) is 33.8 Å². The SMILES string of the molecule is COC(=O)/C(=N/OCc1ccccc1)C(=O)CCCCO[Si](c1ccccc1)(c1ccccc1)C(C)(C)C. The molecule has 0 aliphatic heterocycles. The molecule has 38 heavy (non-hydrogen) atoms. The Morgan fingerprint density at radius 3 is 1.82 bits per heavy atom. The van der Waals surface area contributed by atoms with Crippen LogP contribution in [0.2, 0.25) is 5.04 Å². The number of ether oxygens (including phenoxy) is 1. The third-order valence-electron chi connectivity index (χ3n) is 6.41. The molecule has 0 fully saturated rings. The van der Waals surface area contributed by atoms with Gasteiger partial charge in [-0.1, -0.05) is 117 Å². The van der Waals surface area contributed by atoms with E-state index in [9.17, 15) is 9.59 Å². The molecule has 6 nitrogen and oxygen atoms in total. The number of hydrogen-bond acceptors (Lipinski definition) is 6. The second-order valence-electron chi connectivity index (χ2n) is 10.1. The summed E-state index contributed by atoms with van der Waals surface area (Å²) in [5, 5.41) is 6.12. The van der Waals surface area contributed by atoms with Crippen LogP contribution in [0.5, 0.6) is 0 Å². The van der Waals surface area contributed by atoms with Crippen molar-refractivity contribution in [3.05, 3.63) is 96.6 Å². The van der Waals surface area contributed by atoms with E-state index in [1.807, 2.05) is 42.5 Å². The summed E-state index contributed by atoms with van der Waals surface area (Å²) in [6.07, 6.45) is 1.36. The number of rotatable bonds is 13. The average Bonchev–Trinajstić information content (AvgIpc) is 2.93. The van der Waals surface area contributed by atoms with Crippen molar-refractivity contribution in [1.29, 1.82) is 0 Å². The Morgan fingerprint density at radius 1 is 0.789 bits per heavy atom. The second-order valence-corrected chi connectivity index (χ2v) is 14.4. The number of oxime groups is 1. The zero-order valence-corrected chi connectivity index (χ0v) is 23.7. The van der Waals surface area contributed by atoms with Crippen LogP contribution in [0.1, 0.15) is 45.6 Å². The number of carbonyl (C=O) groups excluding carboxylic acids is 2.